The van der Waals surface area contributed by atoms with E-state index in [-0.39, 0.29) is 10.6 Å². The topological polar surface area (TPSA) is 68.1 Å². The van der Waals surface area contributed by atoms with Crippen LogP contribution in [0.1, 0.15) is 16.7 Å². The molecule has 0 amide bonds. The van der Waals surface area contributed by atoms with Gasteiger partial charge in [0.1, 0.15) is 0 Å². The van der Waals surface area contributed by atoms with E-state index in [9.17, 15) is 10.1 Å². The van der Waals surface area contributed by atoms with E-state index in [1.165, 1.54) is 11.6 Å². The van der Waals surface area contributed by atoms with Crippen molar-refractivity contribution in [3.63, 3.8) is 0 Å². The van der Waals surface area contributed by atoms with E-state index in [2.05, 4.69) is 29.4 Å². The van der Waals surface area contributed by atoms with Crippen molar-refractivity contribution in [2.24, 2.45) is 0 Å². The smallest absolute Gasteiger partial charge is 0.269 e. The lowest BCUT2D eigenvalue weighted by atomic mass is 10.1. The van der Waals surface area contributed by atoms with Gasteiger partial charge in [-0.25, -0.2) is 0 Å². The Labute approximate surface area is 134 Å². The van der Waals surface area contributed by atoms with E-state index in [1.54, 1.807) is 18.3 Å². The largest absolute Gasteiger partial charge is 0.355 e. The first-order valence-corrected chi connectivity index (χ1v) is 7.34. The summed E-state index contributed by atoms with van der Waals surface area (Å²) in [6.07, 6.45) is 1.77. The Morgan fingerprint density at radius 2 is 1.78 bits per heavy atom. The molecular weight excluding hydrogens is 290 g/mol. The molecule has 1 heterocycles. The maximum absolute atomic E-state index is 10.8. The zero-order valence-electron chi connectivity index (χ0n) is 13.3. The lowest BCUT2D eigenvalue weighted by Crippen LogP contribution is -1.97. The predicted molar refractivity (Wildman–Crippen MR) is 92.3 cm³/mol. The molecule has 1 aromatic heterocycles. The van der Waals surface area contributed by atoms with Crippen molar-refractivity contribution in [3.05, 3.63) is 69.4 Å². The fourth-order valence-electron chi connectivity index (χ4n) is 2.77. The van der Waals surface area contributed by atoms with Gasteiger partial charge in [-0.3, -0.25) is 15.1 Å². The number of hydrogen-bond donors (Lipinski definition) is 1. The molecule has 5 heteroatoms. The van der Waals surface area contributed by atoms with E-state index >= 15 is 0 Å². The molecule has 0 aliphatic heterocycles. The van der Waals surface area contributed by atoms with Crippen LogP contribution in [0.3, 0.4) is 0 Å². The maximum atomic E-state index is 10.8. The standard InChI is InChI=1S/C18H17N3O2/c1-11-8-13(3)18-15(9-11)17(6-7-19-18)20-16-5-4-14(21(22)23)10-12(16)2/h4-10H,1-3H3,(H,19,20). The Morgan fingerprint density at radius 3 is 2.48 bits per heavy atom. The second-order valence-corrected chi connectivity index (χ2v) is 5.72. The lowest BCUT2D eigenvalue weighted by molar-refractivity contribution is -0.384. The summed E-state index contributed by atoms with van der Waals surface area (Å²) >= 11 is 0. The van der Waals surface area contributed by atoms with Crippen LogP contribution in [0.15, 0.2) is 42.6 Å². The van der Waals surface area contributed by atoms with Crippen molar-refractivity contribution in [2.45, 2.75) is 20.8 Å². The Hall–Kier alpha value is -2.95. The minimum absolute atomic E-state index is 0.0966. The van der Waals surface area contributed by atoms with E-state index in [1.807, 2.05) is 19.9 Å². The molecule has 0 spiro atoms. The van der Waals surface area contributed by atoms with Crippen molar-refractivity contribution in [2.75, 3.05) is 5.32 Å². The van der Waals surface area contributed by atoms with Crippen molar-refractivity contribution in [1.29, 1.82) is 0 Å². The van der Waals surface area contributed by atoms with Crippen molar-refractivity contribution >= 4 is 28.0 Å². The highest BCUT2D eigenvalue weighted by Gasteiger charge is 2.10. The fraction of sp³-hybridized carbons (Fsp3) is 0.167. The van der Waals surface area contributed by atoms with Crippen LogP contribution in [-0.2, 0) is 0 Å². The molecule has 0 unspecified atom stereocenters. The number of anilines is 2. The Morgan fingerprint density at radius 1 is 1.00 bits per heavy atom. The number of pyridine rings is 1. The third-order valence-electron chi connectivity index (χ3n) is 3.87. The average molecular weight is 307 g/mol. The summed E-state index contributed by atoms with van der Waals surface area (Å²) < 4.78 is 0. The van der Waals surface area contributed by atoms with E-state index in [0.717, 1.165) is 33.4 Å². The number of nitro groups is 1. The molecule has 3 rings (SSSR count). The van der Waals surface area contributed by atoms with Gasteiger partial charge in [0.2, 0.25) is 0 Å². The SMILES string of the molecule is Cc1cc(C)c2nccc(Nc3ccc([N+](=O)[O-])cc3C)c2c1. The molecule has 0 radical (unpaired) electrons. The van der Waals surface area contributed by atoms with Crippen LogP contribution < -0.4 is 5.32 Å². The molecule has 23 heavy (non-hydrogen) atoms. The molecule has 0 bridgehead atoms. The fourth-order valence-corrected chi connectivity index (χ4v) is 2.77. The highest BCUT2D eigenvalue weighted by Crippen LogP contribution is 2.30. The number of aryl methyl sites for hydroxylation is 3. The minimum Gasteiger partial charge on any atom is -0.355 e. The van der Waals surface area contributed by atoms with Gasteiger partial charge in [0.05, 0.1) is 10.4 Å². The number of non-ortho nitro benzene ring substituents is 1. The van der Waals surface area contributed by atoms with Crippen LogP contribution in [0.4, 0.5) is 17.1 Å². The van der Waals surface area contributed by atoms with Gasteiger partial charge in [0.25, 0.3) is 5.69 Å². The number of aromatic nitrogens is 1. The molecule has 1 N–H and O–H groups in total. The molecule has 116 valence electrons. The number of benzene rings is 2. The molecule has 0 aliphatic rings. The normalized spacial score (nSPS) is 10.7. The summed E-state index contributed by atoms with van der Waals surface area (Å²) in [4.78, 5) is 14.9. The van der Waals surface area contributed by atoms with Crippen LogP contribution in [0.2, 0.25) is 0 Å². The highest BCUT2D eigenvalue weighted by molar-refractivity contribution is 5.95. The number of hydrogen-bond acceptors (Lipinski definition) is 4. The quantitative estimate of drug-likeness (QED) is 0.557. The predicted octanol–water partition coefficient (Wildman–Crippen LogP) is 4.81. The first kappa shape index (κ1) is 15.0. The van der Waals surface area contributed by atoms with Crippen LogP contribution in [-0.4, -0.2) is 9.91 Å². The third-order valence-corrected chi connectivity index (χ3v) is 3.87. The van der Waals surface area contributed by atoms with Gasteiger partial charge in [-0.05, 0) is 50.1 Å². The average Bonchev–Trinajstić information content (AvgIpc) is 2.49. The van der Waals surface area contributed by atoms with Gasteiger partial charge in [0.15, 0.2) is 0 Å². The van der Waals surface area contributed by atoms with Crippen molar-refractivity contribution in [1.82, 2.24) is 4.98 Å². The van der Waals surface area contributed by atoms with E-state index < -0.39 is 0 Å². The molecule has 0 aliphatic carbocycles. The lowest BCUT2D eigenvalue weighted by Gasteiger charge is -2.13. The van der Waals surface area contributed by atoms with Crippen LogP contribution in [0, 0.1) is 30.9 Å². The number of fused-ring (bicyclic) bond motifs is 1. The Bertz CT molecular complexity index is 920. The van der Waals surface area contributed by atoms with Crippen LogP contribution in [0.25, 0.3) is 10.9 Å². The summed E-state index contributed by atoms with van der Waals surface area (Å²) in [5.41, 5.74) is 5.98. The molecular formula is C18H17N3O2. The van der Waals surface area contributed by atoms with E-state index in [0.29, 0.717) is 0 Å². The summed E-state index contributed by atoms with van der Waals surface area (Å²) in [6.45, 7) is 5.96. The number of nitrogens with one attached hydrogen (secondary N) is 1. The zero-order chi connectivity index (χ0) is 16.6. The monoisotopic (exact) mass is 307 g/mol. The van der Waals surface area contributed by atoms with Gasteiger partial charge in [0, 0.05) is 35.1 Å². The minimum atomic E-state index is -0.384. The number of nitro benzene ring substituents is 1. The summed E-state index contributed by atoms with van der Waals surface area (Å²) in [7, 11) is 0. The number of nitrogens with zero attached hydrogens (tertiary/aromatic N) is 2. The first-order chi connectivity index (χ1) is 11.0. The van der Waals surface area contributed by atoms with Crippen molar-refractivity contribution < 1.29 is 4.92 Å². The van der Waals surface area contributed by atoms with Gasteiger partial charge in [-0.1, -0.05) is 11.6 Å². The van der Waals surface area contributed by atoms with Crippen LogP contribution >= 0.6 is 0 Å². The molecule has 0 saturated heterocycles. The van der Waals surface area contributed by atoms with E-state index in [4.69, 9.17) is 0 Å². The maximum Gasteiger partial charge on any atom is 0.269 e. The third kappa shape index (κ3) is 2.85. The summed E-state index contributed by atoms with van der Waals surface area (Å²) in [5.74, 6) is 0. The van der Waals surface area contributed by atoms with Gasteiger partial charge < -0.3 is 5.32 Å². The zero-order valence-corrected chi connectivity index (χ0v) is 13.3. The Balaban J connectivity index is 2.07. The van der Waals surface area contributed by atoms with Crippen LogP contribution in [0.5, 0.6) is 0 Å². The number of rotatable bonds is 3. The second kappa shape index (κ2) is 5.68. The Kier molecular flexibility index (Phi) is 3.70. The molecule has 3 aromatic rings. The van der Waals surface area contributed by atoms with Gasteiger partial charge in [-0.15, -0.1) is 0 Å². The molecule has 0 saturated carbocycles. The van der Waals surface area contributed by atoms with Gasteiger partial charge in [-0.2, -0.15) is 0 Å². The molecule has 0 atom stereocenters. The van der Waals surface area contributed by atoms with Gasteiger partial charge >= 0.3 is 0 Å². The molecule has 0 fully saturated rings. The van der Waals surface area contributed by atoms with Crippen molar-refractivity contribution in [3.8, 4) is 0 Å². The highest BCUT2D eigenvalue weighted by atomic mass is 16.6. The molecule has 2 aromatic carbocycles. The second-order valence-electron chi connectivity index (χ2n) is 5.72. The summed E-state index contributed by atoms with van der Waals surface area (Å²) in [6, 6.07) is 10.9. The molecule has 5 nitrogen and oxygen atoms in total. The first-order valence-electron chi connectivity index (χ1n) is 7.34. The summed E-state index contributed by atoms with van der Waals surface area (Å²) in [5, 5.41) is 15.3.